The first-order valence-electron chi connectivity index (χ1n) is 4.64. The second kappa shape index (κ2) is 5.03. The van der Waals surface area contributed by atoms with E-state index in [1.54, 1.807) is 24.3 Å². The lowest BCUT2D eigenvalue weighted by Gasteiger charge is -2.10. The summed E-state index contributed by atoms with van der Waals surface area (Å²) >= 11 is 3.56. The van der Waals surface area contributed by atoms with Crippen molar-refractivity contribution in [3.8, 4) is 0 Å². The summed E-state index contributed by atoms with van der Waals surface area (Å²) in [6.07, 6.45) is 0. The zero-order chi connectivity index (χ0) is 11.5. The fourth-order valence-corrected chi connectivity index (χ4v) is 3.83. The van der Waals surface area contributed by atoms with Gasteiger partial charge in [0.15, 0.2) is 0 Å². The van der Waals surface area contributed by atoms with E-state index in [9.17, 15) is 8.78 Å². The van der Waals surface area contributed by atoms with Gasteiger partial charge < -0.3 is 0 Å². The molecule has 4 heteroatoms. The number of halogens is 3. The highest BCUT2D eigenvalue weighted by Gasteiger charge is 2.09. The largest absolute Gasteiger partial charge is 0.207 e. The second-order valence-corrected chi connectivity index (χ2v) is 6.96. The monoisotopic (exact) mass is 300 g/mol. The van der Waals surface area contributed by atoms with Crippen molar-refractivity contribution in [2.75, 3.05) is 0 Å². The maximum Gasteiger partial charge on any atom is 0.123 e. The molecule has 0 aliphatic carbocycles. The molecule has 0 aliphatic rings. The van der Waals surface area contributed by atoms with Crippen molar-refractivity contribution in [3.05, 3.63) is 60.2 Å². The predicted molar refractivity (Wildman–Crippen MR) is 67.9 cm³/mol. The van der Waals surface area contributed by atoms with Gasteiger partial charge in [0.25, 0.3) is 0 Å². The van der Waals surface area contributed by atoms with Gasteiger partial charge in [-0.15, -0.1) is 0 Å². The maximum atomic E-state index is 12.7. The zero-order valence-corrected chi connectivity index (χ0v) is 10.7. The van der Waals surface area contributed by atoms with Gasteiger partial charge in [0.05, 0.1) is 0 Å². The fourth-order valence-electron chi connectivity index (χ4n) is 1.29. The normalized spacial score (nSPS) is 10.8. The topological polar surface area (TPSA) is 0 Å². The van der Waals surface area contributed by atoms with Crippen LogP contribution < -0.4 is 10.6 Å². The molecule has 0 saturated carbocycles. The Morgan fingerprint density at radius 3 is 1.31 bits per heavy atom. The summed E-state index contributed by atoms with van der Waals surface area (Å²) in [5.41, 5.74) is 0. The van der Waals surface area contributed by atoms with Gasteiger partial charge in [-0.1, -0.05) is 24.3 Å². The van der Waals surface area contributed by atoms with Gasteiger partial charge in [0.2, 0.25) is 0 Å². The summed E-state index contributed by atoms with van der Waals surface area (Å²) < 4.78 is 25.5. The van der Waals surface area contributed by atoms with Gasteiger partial charge in [-0.25, -0.2) is 8.78 Å². The van der Waals surface area contributed by atoms with Crippen LogP contribution in [0.15, 0.2) is 48.5 Å². The third-order valence-electron chi connectivity index (χ3n) is 2.11. The van der Waals surface area contributed by atoms with E-state index < -0.39 is 6.62 Å². The van der Waals surface area contributed by atoms with E-state index in [-0.39, 0.29) is 11.6 Å². The van der Waals surface area contributed by atoms with Crippen LogP contribution in [0, 0.1) is 11.6 Å². The van der Waals surface area contributed by atoms with Crippen LogP contribution in [-0.2, 0) is 0 Å². The summed E-state index contributed by atoms with van der Waals surface area (Å²) in [4.78, 5) is 0. The van der Waals surface area contributed by atoms with Crippen molar-refractivity contribution in [1.82, 2.24) is 0 Å². The van der Waals surface area contributed by atoms with E-state index in [2.05, 4.69) is 15.5 Å². The van der Waals surface area contributed by atoms with Crippen molar-refractivity contribution >= 4 is 32.7 Å². The van der Waals surface area contributed by atoms with E-state index in [0.29, 0.717) is 0 Å². The van der Waals surface area contributed by atoms with Crippen molar-refractivity contribution in [1.29, 1.82) is 0 Å². The lowest BCUT2D eigenvalue weighted by atomic mass is 10.3. The lowest BCUT2D eigenvalue weighted by molar-refractivity contribution is 0.628. The average molecular weight is 301 g/mol. The molecule has 2 aromatic rings. The van der Waals surface area contributed by atoms with Crippen LogP contribution in [0.5, 0.6) is 0 Å². The molecule has 0 aromatic heterocycles. The minimum absolute atomic E-state index is 0.251. The molecule has 0 saturated heterocycles. The molecule has 0 bridgehead atoms. The van der Waals surface area contributed by atoms with Crippen LogP contribution in [-0.4, -0.2) is 0 Å². The third kappa shape index (κ3) is 2.66. The molecule has 0 atom stereocenters. The van der Waals surface area contributed by atoms with Crippen LogP contribution in [0.2, 0.25) is 0 Å². The maximum absolute atomic E-state index is 12.7. The summed E-state index contributed by atoms with van der Waals surface area (Å²) in [5.74, 6) is -0.502. The van der Waals surface area contributed by atoms with E-state index in [4.69, 9.17) is 0 Å². The summed E-state index contributed by atoms with van der Waals surface area (Å²) in [6.45, 7) is -0.716. The molecule has 0 fully saturated rings. The molecule has 0 heterocycles. The van der Waals surface area contributed by atoms with E-state index >= 15 is 0 Å². The molecule has 2 aromatic carbocycles. The molecule has 16 heavy (non-hydrogen) atoms. The number of hydrogen-bond acceptors (Lipinski definition) is 0. The Balaban J connectivity index is 2.28. The van der Waals surface area contributed by atoms with Gasteiger partial charge in [-0.2, -0.15) is 0 Å². The molecular weight excluding hydrogens is 293 g/mol. The molecule has 2 rings (SSSR count). The van der Waals surface area contributed by atoms with Crippen LogP contribution in [0.25, 0.3) is 0 Å². The van der Waals surface area contributed by atoms with E-state index in [1.165, 1.54) is 24.3 Å². The van der Waals surface area contributed by atoms with Crippen molar-refractivity contribution < 1.29 is 8.78 Å². The van der Waals surface area contributed by atoms with Crippen LogP contribution in [0.1, 0.15) is 0 Å². The quantitative estimate of drug-likeness (QED) is 0.742. The fraction of sp³-hybridized carbons (Fsp3) is 0. The van der Waals surface area contributed by atoms with Gasteiger partial charge in [-0.3, -0.25) is 0 Å². The minimum Gasteiger partial charge on any atom is -0.207 e. The van der Waals surface area contributed by atoms with E-state index in [0.717, 1.165) is 10.6 Å². The first kappa shape index (κ1) is 11.7. The molecule has 0 unspecified atom stereocenters. The number of benzene rings is 2. The van der Waals surface area contributed by atoms with Gasteiger partial charge in [0.1, 0.15) is 11.6 Å². The minimum atomic E-state index is -0.716. The molecule has 0 radical (unpaired) electrons. The van der Waals surface area contributed by atoms with Gasteiger partial charge in [-0.05, 0) is 50.4 Å². The molecule has 0 amide bonds. The standard InChI is InChI=1S/C12H8BrF2P/c13-16(11-5-1-9(14)2-6-11)12-7-3-10(15)4-8-12/h1-8H. The molecule has 0 N–H and O–H groups in total. The van der Waals surface area contributed by atoms with Crippen LogP contribution >= 0.6 is 22.1 Å². The van der Waals surface area contributed by atoms with Crippen LogP contribution in [0.4, 0.5) is 8.78 Å². The Labute approximate surface area is 102 Å². The lowest BCUT2D eigenvalue weighted by Crippen LogP contribution is -2.07. The van der Waals surface area contributed by atoms with Crippen LogP contribution in [0.3, 0.4) is 0 Å². The third-order valence-corrected chi connectivity index (χ3v) is 6.07. The Hall–Kier alpha value is -0.790. The van der Waals surface area contributed by atoms with Crippen molar-refractivity contribution in [2.45, 2.75) is 0 Å². The Kier molecular flexibility index (Phi) is 3.67. The Bertz CT molecular complexity index is 422. The number of hydrogen-bond donors (Lipinski definition) is 0. The molecule has 0 spiro atoms. The summed E-state index contributed by atoms with van der Waals surface area (Å²) in [7, 11) is 0. The van der Waals surface area contributed by atoms with Gasteiger partial charge >= 0.3 is 0 Å². The molecule has 0 aliphatic heterocycles. The second-order valence-electron chi connectivity index (χ2n) is 3.23. The average Bonchev–Trinajstić information content (AvgIpc) is 2.30. The summed E-state index contributed by atoms with van der Waals surface area (Å²) in [6, 6.07) is 12.6. The van der Waals surface area contributed by atoms with E-state index in [1.807, 2.05) is 0 Å². The Morgan fingerprint density at radius 2 is 1.00 bits per heavy atom. The van der Waals surface area contributed by atoms with Gasteiger partial charge in [0, 0.05) is 6.62 Å². The highest BCUT2D eigenvalue weighted by molar-refractivity contribution is 9.40. The van der Waals surface area contributed by atoms with Crippen molar-refractivity contribution in [3.63, 3.8) is 0 Å². The molecule has 82 valence electrons. The summed E-state index contributed by atoms with van der Waals surface area (Å²) in [5, 5.41) is 2.01. The Morgan fingerprint density at radius 1 is 0.688 bits per heavy atom. The molecule has 0 nitrogen and oxygen atoms in total. The first-order valence-corrected chi connectivity index (χ1v) is 8.00. The number of rotatable bonds is 2. The first-order chi connectivity index (χ1) is 7.66. The SMILES string of the molecule is Fc1ccc(P(Br)c2ccc(F)cc2)cc1. The highest BCUT2D eigenvalue weighted by Crippen LogP contribution is 2.41. The molecular formula is C12H8BrF2P. The smallest absolute Gasteiger partial charge is 0.123 e. The van der Waals surface area contributed by atoms with Crippen molar-refractivity contribution in [2.24, 2.45) is 0 Å². The highest BCUT2D eigenvalue weighted by atomic mass is 79.9. The zero-order valence-electron chi connectivity index (χ0n) is 8.20. The predicted octanol–water partition coefficient (Wildman–Crippen LogP) is 3.71.